The summed E-state index contributed by atoms with van der Waals surface area (Å²) in [6, 6.07) is 8.65. The molecular weight excluding hydrogens is 254 g/mol. The number of hydrogen-bond donors (Lipinski definition) is 0. The summed E-state index contributed by atoms with van der Waals surface area (Å²) < 4.78 is 0. The summed E-state index contributed by atoms with van der Waals surface area (Å²) in [5, 5.41) is 0. The first-order chi connectivity index (χ1) is 9.10. The van der Waals surface area contributed by atoms with Gasteiger partial charge in [0.25, 0.3) is 0 Å². The predicted molar refractivity (Wildman–Crippen MR) is 78.0 cm³/mol. The monoisotopic (exact) mass is 273 g/mol. The molecule has 3 heterocycles. The first kappa shape index (κ1) is 11.8. The number of hydrogen-bond acceptors (Lipinski definition) is 2. The Bertz CT molecular complexity index is 572. The highest BCUT2D eigenvalue weighted by atomic mass is 32.2. The van der Waals surface area contributed by atoms with Crippen LogP contribution in [0.5, 0.6) is 0 Å². The van der Waals surface area contributed by atoms with Crippen molar-refractivity contribution in [1.82, 2.24) is 4.90 Å². The van der Waals surface area contributed by atoms with Gasteiger partial charge < -0.3 is 4.90 Å². The van der Waals surface area contributed by atoms with Gasteiger partial charge in [0.2, 0.25) is 5.91 Å². The van der Waals surface area contributed by atoms with Crippen LogP contribution in [0.1, 0.15) is 37.3 Å². The maximum Gasteiger partial charge on any atom is 0.234 e. The van der Waals surface area contributed by atoms with Gasteiger partial charge in [-0.2, -0.15) is 0 Å². The zero-order chi connectivity index (χ0) is 13.3. The van der Waals surface area contributed by atoms with Gasteiger partial charge in [-0.25, -0.2) is 0 Å². The van der Waals surface area contributed by atoms with Crippen LogP contribution in [0.15, 0.2) is 24.3 Å². The van der Waals surface area contributed by atoms with Gasteiger partial charge in [-0.05, 0) is 30.9 Å². The summed E-state index contributed by atoms with van der Waals surface area (Å²) in [5.74, 6) is 2.16. The van der Waals surface area contributed by atoms with E-state index >= 15 is 0 Å². The van der Waals surface area contributed by atoms with Crippen LogP contribution in [0.2, 0.25) is 0 Å². The van der Waals surface area contributed by atoms with Crippen LogP contribution in [0.3, 0.4) is 0 Å². The van der Waals surface area contributed by atoms with Crippen LogP contribution >= 0.6 is 11.8 Å². The highest BCUT2D eigenvalue weighted by molar-refractivity contribution is 8.01. The Morgan fingerprint density at radius 1 is 1.32 bits per heavy atom. The first-order valence-electron chi connectivity index (χ1n) is 7.13. The normalized spacial score (nSPS) is 40.0. The average molecular weight is 273 g/mol. The van der Waals surface area contributed by atoms with Gasteiger partial charge in [0.1, 0.15) is 4.87 Å². The van der Waals surface area contributed by atoms with E-state index in [0.717, 1.165) is 6.42 Å². The Balaban J connectivity index is 2.05. The van der Waals surface area contributed by atoms with Crippen molar-refractivity contribution < 1.29 is 4.79 Å². The SMILES string of the molecule is CN1C(=O)C2(C)CCCC3CSC31c1ccccc12. The molecule has 0 saturated carbocycles. The molecule has 1 aromatic carbocycles. The molecule has 1 spiro atoms. The lowest BCUT2D eigenvalue weighted by molar-refractivity contribution is -0.144. The molecule has 4 rings (SSSR count). The molecule has 100 valence electrons. The van der Waals surface area contributed by atoms with Crippen molar-refractivity contribution in [2.75, 3.05) is 12.8 Å². The molecule has 2 bridgehead atoms. The standard InChI is InChI=1S/C16H19NOS/c1-15-9-5-6-11-10-19-16(11,17(2)14(15)18)13-8-4-3-7-12(13)15/h3-4,7-8,11H,5-6,9-10H2,1-2H3. The van der Waals surface area contributed by atoms with Gasteiger partial charge in [0, 0.05) is 18.7 Å². The van der Waals surface area contributed by atoms with Gasteiger partial charge in [0.15, 0.2) is 0 Å². The molecule has 2 saturated heterocycles. The molecule has 2 fully saturated rings. The number of fused-ring (bicyclic) bond motifs is 4. The van der Waals surface area contributed by atoms with Crippen LogP contribution in [-0.4, -0.2) is 23.6 Å². The van der Waals surface area contributed by atoms with E-state index in [9.17, 15) is 4.79 Å². The second-order valence-electron chi connectivity index (χ2n) is 6.34. The fraction of sp³-hybridized carbons (Fsp3) is 0.562. The van der Waals surface area contributed by atoms with Crippen LogP contribution in [0, 0.1) is 5.92 Å². The largest absolute Gasteiger partial charge is 0.326 e. The molecule has 3 aliphatic rings. The second-order valence-corrected chi connectivity index (χ2v) is 7.58. The van der Waals surface area contributed by atoms with Crippen LogP contribution in [0.4, 0.5) is 0 Å². The molecule has 0 aromatic heterocycles. The molecule has 3 atom stereocenters. The number of benzene rings is 1. The van der Waals surface area contributed by atoms with Crippen molar-refractivity contribution in [3.8, 4) is 0 Å². The Hall–Kier alpha value is -0.960. The van der Waals surface area contributed by atoms with E-state index in [1.54, 1.807) is 0 Å². The van der Waals surface area contributed by atoms with Gasteiger partial charge in [-0.3, -0.25) is 4.79 Å². The van der Waals surface area contributed by atoms with Crippen molar-refractivity contribution in [3.63, 3.8) is 0 Å². The van der Waals surface area contributed by atoms with Gasteiger partial charge in [-0.1, -0.05) is 30.7 Å². The van der Waals surface area contributed by atoms with Crippen molar-refractivity contribution in [1.29, 1.82) is 0 Å². The highest BCUT2D eigenvalue weighted by Gasteiger charge is 2.62. The lowest BCUT2D eigenvalue weighted by atomic mass is 9.65. The van der Waals surface area contributed by atoms with E-state index in [0.29, 0.717) is 11.8 Å². The molecule has 2 nitrogen and oxygen atoms in total. The summed E-state index contributed by atoms with van der Waals surface area (Å²) in [7, 11) is 2.01. The van der Waals surface area contributed by atoms with Crippen LogP contribution in [-0.2, 0) is 15.1 Å². The predicted octanol–water partition coefficient (Wildman–Crippen LogP) is 3.12. The van der Waals surface area contributed by atoms with Crippen molar-refractivity contribution in [2.24, 2.45) is 5.92 Å². The topological polar surface area (TPSA) is 20.3 Å². The zero-order valence-electron chi connectivity index (χ0n) is 11.5. The third-order valence-electron chi connectivity index (χ3n) is 5.47. The molecule has 19 heavy (non-hydrogen) atoms. The fourth-order valence-corrected chi connectivity index (χ4v) is 5.96. The maximum absolute atomic E-state index is 12.9. The molecule has 0 radical (unpaired) electrons. The molecule has 0 N–H and O–H groups in total. The zero-order valence-corrected chi connectivity index (χ0v) is 12.3. The third kappa shape index (κ3) is 1.18. The lowest BCUT2D eigenvalue weighted by Gasteiger charge is -2.61. The Morgan fingerprint density at radius 2 is 2.05 bits per heavy atom. The minimum atomic E-state index is -0.308. The summed E-state index contributed by atoms with van der Waals surface area (Å²) in [6.07, 6.45) is 3.43. The molecule has 1 aromatic rings. The smallest absolute Gasteiger partial charge is 0.234 e. The van der Waals surface area contributed by atoms with E-state index in [1.165, 1.54) is 29.7 Å². The first-order valence-corrected chi connectivity index (χ1v) is 8.11. The van der Waals surface area contributed by atoms with Crippen molar-refractivity contribution in [3.05, 3.63) is 35.4 Å². The maximum atomic E-state index is 12.9. The summed E-state index contributed by atoms with van der Waals surface area (Å²) >= 11 is 1.96. The Labute approximate surface area is 118 Å². The molecule has 3 aliphatic heterocycles. The number of likely N-dealkylation sites (N-methyl/N-ethyl adjacent to an activating group) is 1. The van der Waals surface area contributed by atoms with Gasteiger partial charge in [-0.15, -0.1) is 11.8 Å². The van der Waals surface area contributed by atoms with E-state index in [-0.39, 0.29) is 10.3 Å². The minimum Gasteiger partial charge on any atom is -0.326 e. The van der Waals surface area contributed by atoms with Crippen LogP contribution < -0.4 is 0 Å². The Morgan fingerprint density at radius 3 is 2.74 bits per heavy atom. The number of rotatable bonds is 0. The minimum absolute atomic E-state index is 0.0619. The molecule has 0 aliphatic carbocycles. The third-order valence-corrected chi connectivity index (χ3v) is 7.31. The van der Waals surface area contributed by atoms with Crippen molar-refractivity contribution in [2.45, 2.75) is 36.5 Å². The highest BCUT2D eigenvalue weighted by Crippen LogP contribution is 2.63. The summed E-state index contributed by atoms with van der Waals surface area (Å²) in [6.45, 7) is 2.14. The summed E-state index contributed by atoms with van der Waals surface area (Å²) in [4.78, 5) is 14.9. The molecule has 3 unspecified atom stereocenters. The number of amides is 1. The van der Waals surface area contributed by atoms with Gasteiger partial charge in [0.05, 0.1) is 5.41 Å². The van der Waals surface area contributed by atoms with E-state index in [2.05, 4.69) is 36.1 Å². The average Bonchev–Trinajstić information content (AvgIpc) is 2.40. The van der Waals surface area contributed by atoms with E-state index in [4.69, 9.17) is 0 Å². The van der Waals surface area contributed by atoms with Crippen LogP contribution in [0.25, 0.3) is 0 Å². The number of carbonyl (C=O) groups is 1. The quantitative estimate of drug-likeness (QED) is 0.724. The fourth-order valence-electron chi connectivity index (χ4n) is 4.34. The summed E-state index contributed by atoms with van der Waals surface area (Å²) in [5.41, 5.74) is 2.38. The van der Waals surface area contributed by atoms with Gasteiger partial charge >= 0.3 is 0 Å². The second kappa shape index (κ2) is 3.57. The number of carbonyl (C=O) groups excluding carboxylic acids is 1. The number of thioether (sulfide) groups is 1. The molecular formula is C16H19NOS. The number of nitrogens with zero attached hydrogens (tertiary/aromatic N) is 1. The lowest BCUT2D eigenvalue weighted by Crippen LogP contribution is -2.65. The van der Waals surface area contributed by atoms with E-state index < -0.39 is 0 Å². The Kier molecular flexibility index (Phi) is 2.22. The molecule has 3 heteroatoms. The van der Waals surface area contributed by atoms with E-state index in [1.807, 2.05) is 18.8 Å². The molecule has 1 amide bonds. The van der Waals surface area contributed by atoms with Crippen molar-refractivity contribution >= 4 is 17.7 Å².